The van der Waals surface area contributed by atoms with Crippen LogP contribution in [0.3, 0.4) is 0 Å². The van der Waals surface area contributed by atoms with Crippen LogP contribution in [0.5, 0.6) is 11.5 Å². The van der Waals surface area contributed by atoms with Crippen molar-refractivity contribution in [2.24, 2.45) is 0 Å². The molecule has 1 aromatic carbocycles. The predicted octanol–water partition coefficient (Wildman–Crippen LogP) is 4.02. The van der Waals surface area contributed by atoms with E-state index in [0.29, 0.717) is 37.7 Å². The molecule has 5 nitrogen and oxygen atoms in total. The van der Waals surface area contributed by atoms with Crippen molar-refractivity contribution >= 4 is 29.0 Å². The van der Waals surface area contributed by atoms with Gasteiger partial charge in [-0.25, -0.2) is 4.79 Å². The number of methoxy groups -OCH3 is 1. The molecule has 0 saturated carbocycles. The maximum absolute atomic E-state index is 12.2. The first-order valence-electron chi connectivity index (χ1n) is 7.66. The lowest BCUT2D eigenvalue weighted by molar-refractivity contribution is 0.195. The summed E-state index contributed by atoms with van der Waals surface area (Å²) >= 11 is 7.41. The number of carbonyl (C=O) groups excluding carboxylic acids is 1. The fraction of sp³-hybridized carbons (Fsp3) is 0.353. The minimum absolute atomic E-state index is 0.120. The number of nitrogens with one attached hydrogen (secondary N) is 1. The Kier molecular flexibility index (Phi) is 7.21. The summed E-state index contributed by atoms with van der Waals surface area (Å²) < 4.78 is 11.6. The molecule has 0 aliphatic carbocycles. The van der Waals surface area contributed by atoms with Crippen LogP contribution < -0.4 is 14.8 Å². The summed E-state index contributed by atoms with van der Waals surface area (Å²) in [5.74, 6) is 1.34. The zero-order valence-corrected chi connectivity index (χ0v) is 15.3. The van der Waals surface area contributed by atoms with Crippen molar-refractivity contribution in [3.8, 4) is 11.5 Å². The van der Waals surface area contributed by atoms with Gasteiger partial charge in [0.25, 0.3) is 0 Å². The van der Waals surface area contributed by atoms with E-state index in [-0.39, 0.29) is 6.03 Å². The zero-order valence-electron chi connectivity index (χ0n) is 13.8. The van der Waals surface area contributed by atoms with Gasteiger partial charge >= 0.3 is 6.03 Å². The Morgan fingerprint density at radius 1 is 1.25 bits per heavy atom. The molecule has 1 aromatic heterocycles. The van der Waals surface area contributed by atoms with E-state index in [1.165, 1.54) is 11.3 Å². The smallest absolute Gasteiger partial charge is 0.317 e. The molecule has 0 spiro atoms. The first kappa shape index (κ1) is 18.4. The van der Waals surface area contributed by atoms with Crippen LogP contribution in [-0.2, 0) is 6.54 Å². The van der Waals surface area contributed by atoms with Crippen molar-refractivity contribution in [1.82, 2.24) is 10.2 Å². The summed E-state index contributed by atoms with van der Waals surface area (Å²) in [4.78, 5) is 15.0. The number of halogens is 1. The van der Waals surface area contributed by atoms with Crippen LogP contribution in [-0.4, -0.2) is 37.7 Å². The molecule has 2 rings (SSSR count). The fourth-order valence-corrected chi connectivity index (χ4v) is 3.22. The highest BCUT2D eigenvalue weighted by molar-refractivity contribution is 7.16. The topological polar surface area (TPSA) is 50.8 Å². The largest absolute Gasteiger partial charge is 0.493 e. The lowest BCUT2D eigenvalue weighted by Gasteiger charge is -2.20. The lowest BCUT2D eigenvalue weighted by Crippen LogP contribution is -2.40. The molecule has 0 unspecified atom stereocenters. The van der Waals surface area contributed by atoms with Crippen molar-refractivity contribution in [3.05, 3.63) is 45.6 Å². The molecule has 1 heterocycles. The number of ether oxygens (including phenoxy) is 2. The molecule has 1 N–H and O–H groups in total. The molecule has 2 aromatic rings. The van der Waals surface area contributed by atoms with Crippen LogP contribution in [0, 0.1) is 0 Å². The third-order valence-electron chi connectivity index (χ3n) is 3.35. The second-order valence-electron chi connectivity index (χ2n) is 4.95. The monoisotopic (exact) mass is 368 g/mol. The Morgan fingerprint density at radius 2 is 2.00 bits per heavy atom. The van der Waals surface area contributed by atoms with Gasteiger partial charge in [0.05, 0.1) is 24.5 Å². The number of thiophene rings is 1. The van der Waals surface area contributed by atoms with Crippen LogP contribution in [0.4, 0.5) is 4.79 Å². The van der Waals surface area contributed by atoms with Crippen LogP contribution in [0.25, 0.3) is 0 Å². The fourth-order valence-electron chi connectivity index (χ4n) is 2.12. The SMILES string of the molecule is CCN(Cc1ccc(Cl)s1)C(=O)NCCOc1ccccc1OC. The summed E-state index contributed by atoms with van der Waals surface area (Å²) in [6, 6.07) is 11.1. The second-order valence-corrected chi connectivity index (χ2v) is 6.75. The number of para-hydroxylation sites is 2. The Morgan fingerprint density at radius 3 is 2.62 bits per heavy atom. The van der Waals surface area contributed by atoms with Gasteiger partial charge in [0.2, 0.25) is 0 Å². The molecule has 0 atom stereocenters. The molecule has 130 valence electrons. The summed E-state index contributed by atoms with van der Waals surface area (Å²) in [6.07, 6.45) is 0. The number of carbonyl (C=O) groups is 1. The average molecular weight is 369 g/mol. The minimum atomic E-state index is -0.120. The number of hydrogen-bond acceptors (Lipinski definition) is 4. The van der Waals surface area contributed by atoms with E-state index in [1.54, 1.807) is 12.0 Å². The van der Waals surface area contributed by atoms with E-state index in [0.717, 1.165) is 9.21 Å². The van der Waals surface area contributed by atoms with Gasteiger partial charge in [0, 0.05) is 11.4 Å². The van der Waals surface area contributed by atoms with Gasteiger partial charge in [-0.3, -0.25) is 0 Å². The highest BCUT2D eigenvalue weighted by Crippen LogP contribution is 2.25. The molecule has 0 radical (unpaired) electrons. The quantitative estimate of drug-likeness (QED) is 0.716. The highest BCUT2D eigenvalue weighted by Gasteiger charge is 2.12. The van der Waals surface area contributed by atoms with E-state index >= 15 is 0 Å². The van der Waals surface area contributed by atoms with Crippen molar-refractivity contribution in [2.45, 2.75) is 13.5 Å². The van der Waals surface area contributed by atoms with E-state index < -0.39 is 0 Å². The van der Waals surface area contributed by atoms with Crippen molar-refractivity contribution in [3.63, 3.8) is 0 Å². The molecule has 0 aliphatic rings. The van der Waals surface area contributed by atoms with Crippen molar-refractivity contribution in [1.29, 1.82) is 0 Å². The Bertz CT molecular complexity index is 663. The molecule has 0 bridgehead atoms. The first-order chi connectivity index (χ1) is 11.6. The lowest BCUT2D eigenvalue weighted by atomic mass is 10.3. The van der Waals surface area contributed by atoms with E-state index in [1.807, 2.05) is 43.3 Å². The Balaban J connectivity index is 1.77. The number of nitrogens with zero attached hydrogens (tertiary/aromatic N) is 1. The van der Waals surface area contributed by atoms with Crippen molar-refractivity contribution < 1.29 is 14.3 Å². The van der Waals surface area contributed by atoms with Gasteiger partial charge in [-0.1, -0.05) is 23.7 Å². The average Bonchev–Trinajstić information content (AvgIpc) is 3.01. The number of amides is 2. The van der Waals surface area contributed by atoms with Crippen molar-refractivity contribution in [2.75, 3.05) is 26.8 Å². The molecular formula is C17H21ClN2O3S. The highest BCUT2D eigenvalue weighted by atomic mass is 35.5. The standard InChI is InChI=1S/C17H21ClN2O3S/c1-3-20(12-13-8-9-16(18)24-13)17(21)19-10-11-23-15-7-5-4-6-14(15)22-2/h4-9H,3,10-12H2,1-2H3,(H,19,21). The van der Waals surface area contributed by atoms with Gasteiger partial charge in [0.1, 0.15) is 6.61 Å². The maximum atomic E-state index is 12.2. The third-order valence-corrected chi connectivity index (χ3v) is 4.57. The Hall–Kier alpha value is -1.92. The maximum Gasteiger partial charge on any atom is 0.317 e. The van der Waals surface area contributed by atoms with Crippen LogP contribution in [0.1, 0.15) is 11.8 Å². The summed E-state index contributed by atoms with van der Waals surface area (Å²) in [7, 11) is 1.60. The summed E-state index contributed by atoms with van der Waals surface area (Å²) in [6.45, 7) is 3.90. The number of benzene rings is 1. The molecular weight excluding hydrogens is 348 g/mol. The molecule has 7 heteroatoms. The van der Waals surface area contributed by atoms with Gasteiger partial charge in [0.15, 0.2) is 11.5 Å². The third kappa shape index (κ3) is 5.32. The Labute approximate surface area is 151 Å². The van der Waals surface area contributed by atoms with Gasteiger partial charge < -0.3 is 19.7 Å². The molecule has 0 fully saturated rings. The summed E-state index contributed by atoms with van der Waals surface area (Å²) in [5.41, 5.74) is 0. The molecule has 2 amide bonds. The van der Waals surface area contributed by atoms with Crippen LogP contribution in [0.15, 0.2) is 36.4 Å². The van der Waals surface area contributed by atoms with E-state index in [2.05, 4.69) is 5.32 Å². The first-order valence-corrected chi connectivity index (χ1v) is 8.86. The number of hydrogen-bond donors (Lipinski definition) is 1. The molecule has 24 heavy (non-hydrogen) atoms. The number of rotatable bonds is 8. The minimum Gasteiger partial charge on any atom is -0.493 e. The summed E-state index contributed by atoms with van der Waals surface area (Å²) in [5, 5.41) is 2.86. The van der Waals surface area contributed by atoms with E-state index in [4.69, 9.17) is 21.1 Å². The molecule has 0 saturated heterocycles. The normalized spacial score (nSPS) is 10.3. The zero-order chi connectivity index (χ0) is 17.4. The molecule has 0 aliphatic heterocycles. The van der Waals surface area contributed by atoms with Gasteiger partial charge in [-0.05, 0) is 31.2 Å². The van der Waals surface area contributed by atoms with Gasteiger partial charge in [-0.15, -0.1) is 11.3 Å². The second kappa shape index (κ2) is 9.39. The number of urea groups is 1. The van der Waals surface area contributed by atoms with Crippen LogP contribution in [0.2, 0.25) is 4.34 Å². The predicted molar refractivity (Wildman–Crippen MR) is 97.3 cm³/mol. The van der Waals surface area contributed by atoms with Gasteiger partial charge in [-0.2, -0.15) is 0 Å². The van der Waals surface area contributed by atoms with Crippen LogP contribution >= 0.6 is 22.9 Å². The van der Waals surface area contributed by atoms with E-state index in [9.17, 15) is 4.79 Å².